The van der Waals surface area contributed by atoms with Crippen molar-refractivity contribution < 1.29 is 12.9 Å². The van der Waals surface area contributed by atoms with Crippen LogP contribution in [0.3, 0.4) is 0 Å². The summed E-state index contributed by atoms with van der Waals surface area (Å²) in [4.78, 5) is 4.28. The van der Waals surface area contributed by atoms with Crippen molar-refractivity contribution in [3.8, 4) is 0 Å². The third kappa shape index (κ3) is 2.84. The van der Waals surface area contributed by atoms with Gasteiger partial charge in [-0.25, -0.2) is 8.42 Å². The molecule has 0 radical (unpaired) electrons. The molecule has 2 atom stereocenters. The molecule has 1 fully saturated rings. The first-order chi connectivity index (χ1) is 8.02. The summed E-state index contributed by atoms with van der Waals surface area (Å²) in [6.07, 6.45) is 1.37. The van der Waals surface area contributed by atoms with Gasteiger partial charge in [0, 0.05) is 11.8 Å². The SMILES string of the molecule is CC(CCN)c1nc(C2CCS(=O)(=O)C2)no1. The summed E-state index contributed by atoms with van der Waals surface area (Å²) in [7, 11) is -2.91. The van der Waals surface area contributed by atoms with Crippen LogP contribution in [0.2, 0.25) is 0 Å². The minimum absolute atomic E-state index is 0.109. The molecule has 2 heterocycles. The van der Waals surface area contributed by atoms with Crippen molar-refractivity contribution in [2.24, 2.45) is 5.73 Å². The Morgan fingerprint density at radius 1 is 1.59 bits per heavy atom. The second-order valence-corrected chi connectivity index (χ2v) is 6.80. The first-order valence-electron chi connectivity index (χ1n) is 5.76. The van der Waals surface area contributed by atoms with Gasteiger partial charge in [-0.3, -0.25) is 0 Å². The Kier molecular flexibility index (Phi) is 3.48. The number of hydrogen-bond donors (Lipinski definition) is 1. The Hall–Kier alpha value is -0.950. The molecule has 1 aliphatic rings. The molecule has 1 saturated heterocycles. The van der Waals surface area contributed by atoms with E-state index in [0.717, 1.165) is 6.42 Å². The second kappa shape index (κ2) is 4.73. The summed E-state index contributed by atoms with van der Waals surface area (Å²) >= 11 is 0. The summed E-state index contributed by atoms with van der Waals surface area (Å²) < 4.78 is 27.9. The molecule has 0 aliphatic carbocycles. The average molecular weight is 259 g/mol. The molecule has 2 unspecified atom stereocenters. The Morgan fingerprint density at radius 3 is 2.94 bits per heavy atom. The highest BCUT2D eigenvalue weighted by Gasteiger charge is 2.32. The predicted octanol–water partition coefficient (Wildman–Crippen LogP) is 0.424. The Balaban J connectivity index is 2.09. The third-order valence-corrected chi connectivity index (χ3v) is 4.84. The maximum Gasteiger partial charge on any atom is 0.229 e. The fourth-order valence-corrected chi connectivity index (χ4v) is 3.72. The van der Waals surface area contributed by atoms with Gasteiger partial charge in [0.1, 0.15) is 0 Å². The van der Waals surface area contributed by atoms with Crippen LogP contribution in [-0.2, 0) is 9.84 Å². The lowest BCUT2D eigenvalue weighted by Crippen LogP contribution is -2.06. The second-order valence-electron chi connectivity index (χ2n) is 4.57. The molecule has 0 aromatic carbocycles. The lowest BCUT2D eigenvalue weighted by atomic mass is 10.1. The summed E-state index contributed by atoms with van der Waals surface area (Å²) in [5, 5.41) is 3.88. The maximum atomic E-state index is 11.4. The largest absolute Gasteiger partial charge is 0.339 e. The van der Waals surface area contributed by atoms with Crippen LogP contribution in [0.5, 0.6) is 0 Å². The van der Waals surface area contributed by atoms with E-state index in [0.29, 0.717) is 24.7 Å². The van der Waals surface area contributed by atoms with Gasteiger partial charge in [-0.15, -0.1) is 0 Å². The Morgan fingerprint density at radius 2 is 2.35 bits per heavy atom. The number of aromatic nitrogens is 2. The van der Waals surface area contributed by atoms with Gasteiger partial charge in [-0.2, -0.15) is 4.98 Å². The Bertz CT molecular complexity index is 483. The summed E-state index contributed by atoms with van der Waals surface area (Å²) in [5.74, 6) is 1.44. The minimum atomic E-state index is -2.91. The normalized spacial score (nSPS) is 24.9. The quantitative estimate of drug-likeness (QED) is 0.841. The molecule has 17 heavy (non-hydrogen) atoms. The third-order valence-electron chi connectivity index (χ3n) is 3.08. The van der Waals surface area contributed by atoms with Crippen molar-refractivity contribution in [2.45, 2.75) is 31.6 Å². The van der Waals surface area contributed by atoms with E-state index in [1.54, 1.807) is 0 Å². The van der Waals surface area contributed by atoms with Crippen molar-refractivity contribution in [3.05, 3.63) is 11.7 Å². The predicted molar refractivity (Wildman–Crippen MR) is 62.4 cm³/mol. The van der Waals surface area contributed by atoms with Crippen molar-refractivity contribution >= 4 is 9.84 Å². The highest BCUT2D eigenvalue weighted by atomic mass is 32.2. The van der Waals surface area contributed by atoms with Gasteiger partial charge in [0.05, 0.1) is 11.5 Å². The summed E-state index contributed by atoms with van der Waals surface area (Å²) in [6, 6.07) is 0. The van der Waals surface area contributed by atoms with Crippen LogP contribution in [0.1, 0.15) is 43.3 Å². The Labute approximate surface area is 100 Å². The van der Waals surface area contributed by atoms with Crippen molar-refractivity contribution in [2.75, 3.05) is 18.1 Å². The lowest BCUT2D eigenvalue weighted by molar-refractivity contribution is 0.349. The highest BCUT2D eigenvalue weighted by Crippen LogP contribution is 2.28. The van der Waals surface area contributed by atoms with E-state index in [-0.39, 0.29) is 23.3 Å². The van der Waals surface area contributed by atoms with Crippen molar-refractivity contribution in [1.29, 1.82) is 0 Å². The number of nitrogens with two attached hydrogens (primary N) is 1. The molecule has 2 N–H and O–H groups in total. The zero-order valence-electron chi connectivity index (χ0n) is 9.80. The van der Waals surface area contributed by atoms with Gasteiger partial charge in [-0.05, 0) is 19.4 Å². The molecule has 0 amide bonds. The van der Waals surface area contributed by atoms with Crippen molar-refractivity contribution in [1.82, 2.24) is 10.1 Å². The van der Waals surface area contributed by atoms with E-state index in [2.05, 4.69) is 10.1 Å². The molecule has 1 aromatic heterocycles. The molecule has 0 spiro atoms. The van der Waals surface area contributed by atoms with E-state index >= 15 is 0 Å². The first kappa shape index (κ1) is 12.5. The number of hydrogen-bond acceptors (Lipinski definition) is 6. The van der Waals surface area contributed by atoms with Crippen LogP contribution < -0.4 is 5.73 Å². The molecule has 7 heteroatoms. The van der Waals surface area contributed by atoms with E-state index in [4.69, 9.17) is 10.3 Å². The van der Waals surface area contributed by atoms with Gasteiger partial charge in [0.15, 0.2) is 15.7 Å². The fourth-order valence-electron chi connectivity index (χ4n) is 1.99. The first-order valence-corrected chi connectivity index (χ1v) is 7.58. The van der Waals surface area contributed by atoms with Gasteiger partial charge in [0.25, 0.3) is 0 Å². The molecular formula is C10H17N3O3S. The van der Waals surface area contributed by atoms with Crippen LogP contribution in [0.4, 0.5) is 0 Å². The monoisotopic (exact) mass is 259 g/mol. The van der Waals surface area contributed by atoms with E-state index in [1.165, 1.54) is 0 Å². The van der Waals surface area contributed by atoms with Crippen molar-refractivity contribution in [3.63, 3.8) is 0 Å². The highest BCUT2D eigenvalue weighted by molar-refractivity contribution is 7.91. The standard InChI is InChI=1S/C10H17N3O3S/c1-7(2-4-11)10-12-9(13-16-10)8-3-5-17(14,15)6-8/h7-8H,2-6,11H2,1H3. The molecule has 6 nitrogen and oxygen atoms in total. The zero-order chi connectivity index (χ0) is 12.5. The minimum Gasteiger partial charge on any atom is -0.339 e. The smallest absolute Gasteiger partial charge is 0.229 e. The molecule has 96 valence electrons. The molecule has 0 saturated carbocycles. The van der Waals surface area contributed by atoms with Gasteiger partial charge in [-0.1, -0.05) is 12.1 Å². The van der Waals surface area contributed by atoms with Crippen LogP contribution in [-0.4, -0.2) is 36.6 Å². The van der Waals surface area contributed by atoms with E-state index < -0.39 is 9.84 Å². The van der Waals surface area contributed by atoms with E-state index in [9.17, 15) is 8.42 Å². The van der Waals surface area contributed by atoms with E-state index in [1.807, 2.05) is 6.92 Å². The van der Waals surface area contributed by atoms with Crippen LogP contribution in [0.25, 0.3) is 0 Å². The average Bonchev–Trinajstić information content (AvgIpc) is 2.84. The fraction of sp³-hybridized carbons (Fsp3) is 0.800. The van der Waals surface area contributed by atoms with Crippen LogP contribution in [0.15, 0.2) is 4.52 Å². The molecule has 1 aromatic rings. The molecule has 2 rings (SSSR count). The van der Waals surface area contributed by atoms with Gasteiger partial charge in [0.2, 0.25) is 5.89 Å². The number of nitrogens with zero attached hydrogens (tertiary/aromatic N) is 2. The maximum absolute atomic E-state index is 11.4. The van der Waals surface area contributed by atoms with Gasteiger partial charge >= 0.3 is 0 Å². The molecular weight excluding hydrogens is 242 g/mol. The summed E-state index contributed by atoms with van der Waals surface area (Å²) in [5.41, 5.74) is 5.46. The zero-order valence-corrected chi connectivity index (χ0v) is 10.6. The van der Waals surface area contributed by atoms with Crippen LogP contribution >= 0.6 is 0 Å². The topological polar surface area (TPSA) is 99.1 Å². The number of sulfone groups is 1. The lowest BCUT2D eigenvalue weighted by Gasteiger charge is -2.02. The summed E-state index contributed by atoms with van der Waals surface area (Å²) in [6.45, 7) is 2.53. The number of rotatable bonds is 4. The molecule has 1 aliphatic heterocycles. The van der Waals surface area contributed by atoms with Crippen LogP contribution in [0, 0.1) is 0 Å². The molecule has 0 bridgehead atoms. The van der Waals surface area contributed by atoms with Gasteiger partial charge < -0.3 is 10.3 Å².